The number of piperazine rings is 1. The van der Waals surface area contributed by atoms with Crippen LogP contribution in [0.5, 0.6) is 11.5 Å². The first-order valence-corrected chi connectivity index (χ1v) is 10.4. The van der Waals surface area contributed by atoms with Gasteiger partial charge in [-0.05, 0) is 49.2 Å². The minimum atomic E-state index is -3.60. The highest BCUT2D eigenvalue weighted by Crippen LogP contribution is 2.26. The van der Waals surface area contributed by atoms with E-state index in [0.717, 1.165) is 11.1 Å². The van der Waals surface area contributed by atoms with Crippen molar-refractivity contribution in [3.05, 3.63) is 53.1 Å². The van der Waals surface area contributed by atoms with Crippen LogP contribution in [0.2, 0.25) is 0 Å². The average Bonchev–Trinajstić information content (AvgIpc) is 2.69. The molecule has 1 heterocycles. The second kappa shape index (κ2) is 7.81. The molecule has 1 N–H and O–H groups in total. The van der Waals surface area contributed by atoms with Gasteiger partial charge < -0.3 is 14.7 Å². The van der Waals surface area contributed by atoms with Gasteiger partial charge in [0.2, 0.25) is 10.0 Å². The Bertz CT molecular complexity index is 996. The molecule has 28 heavy (non-hydrogen) atoms. The molecule has 0 atom stereocenters. The van der Waals surface area contributed by atoms with E-state index in [1.54, 1.807) is 29.2 Å². The topological polar surface area (TPSA) is 87.2 Å². The van der Waals surface area contributed by atoms with E-state index in [1.165, 1.54) is 23.5 Å². The summed E-state index contributed by atoms with van der Waals surface area (Å²) in [4.78, 5) is 14.5. The minimum Gasteiger partial charge on any atom is -0.507 e. The van der Waals surface area contributed by atoms with Gasteiger partial charge in [-0.1, -0.05) is 6.07 Å². The molecule has 0 unspecified atom stereocenters. The summed E-state index contributed by atoms with van der Waals surface area (Å²) in [7, 11) is -2.13. The Morgan fingerprint density at radius 1 is 1.00 bits per heavy atom. The van der Waals surface area contributed by atoms with Gasteiger partial charge in [-0.25, -0.2) is 8.42 Å². The normalized spacial score (nSPS) is 15.5. The summed E-state index contributed by atoms with van der Waals surface area (Å²) in [5, 5.41) is 10.1. The van der Waals surface area contributed by atoms with Crippen LogP contribution in [0.4, 0.5) is 0 Å². The summed E-state index contributed by atoms with van der Waals surface area (Å²) in [6, 6.07) is 9.59. The van der Waals surface area contributed by atoms with Crippen LogP contribution in [0.3, 0.4) is 0 Å². The molecule has 0 spiro atoms. The molecule has 0 radical (unpaired) electrons. The molecular formula is C20H24N2O5S. The average molecular weight is 404 g/mol. The Morgan fingerprint density at radius 3 is 2.25 bits per heavy atom. The number of hydrogen-bond acceptors (Lipinski definition) is 5. The van der Waals surface area contributed by atoms with Gasteiger partial charge in [0.25, 0.3) is 5.91 Å². The molecule has 1 amide bonds. The van der Waals surface area contributed by atoms with Crippen molar-refractivity contribution in [3.63, 3.8) is 0 Å². The number of nitrogens with zero attached hydrogens (tertiary/aromatic N) is 2. The second-order valence-corrected chi connectivity index (χ2v) is 8.76. The largest absolute Gasteiger partial charge is 0.507 e. The highest BCUT2D eigenvalue weighted by Gasteiger charge is 2.31. The van der Waals surface area contributed by atoms with Crippen molar-refractivity contribution in [1.29, 1.82) is 0 Å². The Balaban J connectivity index is 1.71. The number of phenols is 1. The summed E-state index contributed by atoms with van der Waals surface area (Å²) in [5.74, 6) is -0.0312. The number of ether oxygens (including phenoxy) is 1. The Hall–Kier alpha value is -2.58. The molecule has 0 aliphatic carbocycles. The van der Waals surface area contributed by atoms with Gasteiger partial charge >= 0.3 is 0 Å². The number of rotatable bonds is 4. The molecule has 0 bridgehead atoms. The zero-order valence-electron chi connectivity index (χ0n) is 16.2. The summed E-state index contributed by atoms with van der Waals surface area (Å²) < 4.78 is 32.2. The van der Waals surface area contributed by atoms with Crippen molar-refractivity contribution in [2.24, 2.45) is 0 Å². The zero-order chi connectivity index (χ0) is 20.5. The standard InChI is InChI=1S/C20H24N2O5S/c1-14-4-6-17(12-15(14)2)28(25,26)22-10-8-21(9-11-22)20(24)18-7-5-16(27-3)13-19(18)23/h4-7,12-13,23H,8-11H2,1-3H3. The first-order valence-electron chi connectivity index (χ1n) is 8.97. The second-order valence-electron chi connectivity index (χ2n) is 6.83. The van der Waals surface area contributed by atoms with Crippen molar-refractivity contribution >= 4 is 15.9 Å². The van der Waals surface area contributed by atoms with E-state index in [4.69, 9.17) is 4.74 Å². The van der Waals surface area contributed by atoms with Crippen LogP contribution >= 0.6 is 0 Å². The molecule has 1 saturated heterocycles. The highest BCUT2D eigenvalue weighted by molar-refractivity contribution is 7.89. The van der Waals surface area contributed by atoms with E-state index in [1.807, 2.05) is 13.8 Å². The molecule has 150 valence electrons. The van der Waals surface area contributed by atoms with E-state index < -0.39 is 10.0 Å². The van der Waals surface area contributed by atoms with Crippen molar-refractivity contribution in [3.8, 4) is 11.5 Å². The molecule has 2 aromatic rings. The maximum atomic E-state index is 12.9. The third kappa shape index (κ3) is 3.83. The number of amides is 1. The van der Waals surface area contributed by atoms with Crippen molar-refractivity contribution in [2.75, 3.05) is 33.3 Å². The van der Waals surface area contributed by atoms with Gasteiger partial charge in [-0.2, -0.15) is 4.31 Å². The van der Waals surface area contributed by atoms with Gasteiger partial charge in [0, 0.05) is 32.2 Å². The highest BCUT2D eigenvalue weighted by atomic mass is 32.2. The number of sulfonamides is 1. The third-order valence-corrected chi connectivity index (χ3v) is 6.97. The van der Waals surface area contributed by atoms with Crippen LogP contribution < -0.4 is 4.74 Å². The summed E-state index contributed by atoms with van der Waals surface area (Å²) in [6.07, 6.45) is 0. The Morgan fingerprint density at radius 2 is 1.68 bits per heavy atom. The van der Waals surface area contributed by atoms with E-state index in [2.05, 4.69) is 0 Å². The molecular weight excluding hydrogens is 380 g/mol. The Kier molecular flexibility index (Phi) is 5.62. The summed E-state index contributed by atoms with van der Waals surface area (Å²) in [6.45, 7) is 4.75. The number of phenolic OH excluding ortho intramolecular Hbond substituents is 1. The van der Waals surface area contributed by atoms with Gasteiger partial charge in [-0.15, -0.1) is 0 Å². The maximum Gasteiger partial charge on any atom is 0.257 e. The van der Waals surface area contributed by atoms with Crippen molar-refractivity contribution in [1.82, 2.24) is 9.21 Å². The van der Waals surface area contributed by atoms with Gasteiger partial charge in [0.15, 0.2) is 0 Å². The summed E-state index contributed by atoms with van der Waals surface area (Å²) in [5.41, 5.74) is 2.13. The predicted octanol–water partition coefficient (Wildman–Crippen LogP) is 2.16. The molecule has 1 aliphatic heterocycles. The van der Waals surface area contributed by atoms with Gasteiger partial charge in [-0.3, -0.25) is 4.79 Å². The first kappa shape index (κ1) is 20.2. The lowest BCUT2D eigenvalue weighted by molar-refractivity contribution is 0.0695. The van der Waals surface area contributed by atoms with E-state index in [0.29, 0.717) is 5.75 Å². The fourth-order valence-electron chi connectivity index (χ4n) is 3.14. The fraction of sp³-hybridized carbons (Fsp3) is 0.350. The van der Waals surface area contributed by atoms with E-state index in [-0.39, 0.29) is 48.3 Å². The van der Waals surface area contributed by atoms with Crippen molar-refractivity contribution < 1.29 is 23.1 Å². The maximum absolute atomic E-state index is 12.9. The monoisotopic (exact) mass is 404 g/mol. The molecule has 7 nitrogen and oxygen atoms in total. The molecule has 3 rings (SSSR count). The van der Waals surface area contributed by atoms with Crippen molar-refractivity contribution in [2.45, 2.75) is 18.7 Å². The van der Waals surface area contributed by atoms with Crippen LogP contribution in [0.25, 0.3) is 0 Å². The summed E-state index contributed by atoms with van der Waals surface area (Å²) >= 11 is 0. The molecule has 2 aromatic carbocycles. The SMILES string of the molecule is COc1ccc(C(=O)N2CCN(S(=O)(=O)c3ccc(C)c(C)c3)CC2)c(O)c1. The van der Waals surface area contributed by atoms with Crippen LogP contribution in [-0.2, 0) is 10.0 Å². The number of carbonyl (C=O) groups is 1. The molecule has 8 heteroatoms. The van der Waals surface area contributed by atoms with Crippen LogP contribution in [0, 0.1) is 13.8 Å². The van der Waals surface area contributed by atoms with Crippen LogP contribution in [0.1, 0.15) is 21.5 Å². The minimum absolute atomic E-state index is 0.158. The number of methoxy groups -OCH3 is 1. The van der Waals surface area contributed by atoms with Crippen LogP contribution in [-0.4, -0.2) is 61.9 Å². The molecule has 1 fully saturated rings. The number of hydrogen-bond donors (Lipinski definition) is 1. The predicted molar refractivity (Wildman–Crippen MR) is 105 cm³/mol. The molecule has 1 aliphatic rings. The molecule has 0 saturated carbocycles. The van der Waals surface area contributed by atoms with E-state index in [9.17, 15) is 18.3 Å². The lowest BCUT2D eigenvalue weighted by atomic mass is 10.1. The van der Waals surface area contributed by atoms with E-state index >= 15 is 0 Å². The Labute approximate surface area is 165 Å². The quantitative estimate of drug-likeness (QED) is 0.844. The number of aromatic hydroxyl groups is 1. The molecule has 0 aromatic heterocycles. The third-order valence-electron chi connectivity index (χ3n) is 5.08. The smallest absolute Gasteiger partial charge is 0.257 e. The first-order chi connectivity index (χ1) is 13.2. The van der Waals surface area contributed by atoms with Gasteiger partial charge in [0.05, 0.1) is 17.6 Å². The number of aryl methyl sites for hydroxylation is 2. The van der Waals surface area contributed by atoms with Gasteiger partial charge in [0.1, 0.15) is 11.5 Å². The number of benzene rings is 2. The lowest BCUT2D eigenvalue weighted by Crippen LogP contribution is -2.50. The lowest BCUT2D eigenvalue weighted by Gasteiger charge is -2.34. The van der Waals surface area contributed by atoms with Crippen LogP contribution in [0.15, 0.2) is 41.3 Å². The fourth-order valence-corrected chi connectivity index (χ4v) is 4.65. The zero-order valence-corrected chi connectivity index (χ0v) is 17.0. The number of carbonyl (C=O) groups excluding carboxylic acids is 1.